The molecule has 104 valence electrons. The average molecular weight is 307 g/mol. The Bertz CT molecular complexity index is 743. The SMILES string of the molecule is Cc1cc(C(NN)c2cc3cccc(Cl)c3o2)sc1C. The van der Waals surface area contributed by atoms with Crippen LogP contribution in [0.15, 0.2) is 34.7 Å². The summed E-state index contributed by atoms with van der Waals surface area (Å²) in [7, 11) is 0. The van der Waals surface area contributed by atoms with Crippen molar-refractivity contribution in [2.75, 3.05) is 0 Å². The maximum Gasteiger partial charge on any atom is 0.152 e. The van der Waals surface area contributed by atoms with Crippen LogP contribution in [0.2, 0.25) is 5.02 Å². The van der Waals surface area contributed by atoms with Crippen molar-refractivity contribution >= 4 is 33.9 Å². The smallest absolute Gasteiger partial charge is 0.152 e. The van der Waals surface area contributed by atoms with Crippen molar-refractivity contribution in [3.05, 3.63) is 56.4 Å². The Labute approximate surface area is 126 Å². The van der Waals surface area contributed by atoms with Crippen molar-refractivity contribution in [1.29, 1.82) is 0 Å². The van der Waals surface area contributed by atoms with Crippen LogP contribution < -0.4 is 11.3 Å². The van der Waals surface area contributed by atoms with Gasteiger partial charge in [0.25, 0.3) is 0 Å². The van der Waals surface area contributed by atoms with Gasteiger partial charge in [-0.3, -0.25) is 5.84 Å². The maximum absolute atomic E-state index is 6.15. The third kappa shape index (κ3) is 2.25. The molecule has 3 aromatic rings. The molecule has 0 aliphatic rings. The molecule has 0 radical (unpaired) electrons. The van der Waals surface area contributed by atoms with Crippen LogP contribution in [0.1, 0.15) is 27.1 Å². The normalized spacial score (nSPS) is 13.0. The zero-order valence-electron chi connectivity index (χ0n) is 11.2. The summed E-state index contributed by atoms with van der Waals surface area (Å²) in [4.78, 5) is 2.42. The fraction of sp³-hybridized carbons (Fsp3) is 0.200. The lowest BCUT2D eigenvalue weighted by molar-refractivity contribution is 0.481. The number of hydrogen-bond donors (Lipinski definition) is 2. The Balaban J connectivity index is 2.09. The van der Waals surface area contributed by atoms with Gasteiger partial charge in [0.05, 0.1) is 5.02 Å². The lowest BCUT2D eigenvalue weighted by Crippen LogP contribution is -2.27. The molecule has 2 heterocycles. The van der Waals surface area contributed by atoms with Crippen LogP contribution in [0, 0.1) is 13.8 Å². The fourth-order valence-electron chi connectivity index (χ4n) is 2.24. The number of thiophene rings is 1. The lowest BCUT2D eigenvalue weighted by atomic mass is 10.1. The topological polar surface area (TPSA) is 51.2 Å². The van der Waals surface area contributed by atoms with E-state index >= 15 is 0 Å². The molecule has 3 rings (SSSR count). The second-order valence-electron chi connectivity index (χ2n) is 4.79. The van der Waals surface area contributed by atoms with Crippen LogP contribution in [0.4, 0.5) is 0 Å². The largest absolute Gasteiger partial charge is 0.457 e. The number of para-hydroxylation sites is 1. The molecule has 0 saturated heterocycles. The number of benzene rings is 1. The Hall–Kier alpha value is -1.33. The number of hydrogen-bond acceptors (Lipinski definition) is 4. The highest BCUT2D eigenvalue weighted by molar-refractivity contribution is 7.12. The molecular weight excluding hydrogens is 292 g/mol. The molecule has 1 unspecified atom stereocenters. The molecule has 0 aliphatic carbocycles. The Morgan fingerprint density at radius 1 is 1.30 bits per heavy atom. The van der Waals surface area contributed by atoms with E-state index < -0.39 is 0 Å². The fourth-order valence-corrected chi connectivity index (χ4v) is 3.57. The molecule has 0 saturated carbocycles. The summed E-state index contributed by atoms with van der Waals surface area (Å²) in [6.45, 7) is 4.20. The predicted molar refractivity (Wildman–Crippen MR) is 84.2 cm³/mol. The molecule has 3 nitrogen and oxygen atoms in total. The van der Waals surface area contributed by atoms with E-state index in [1.54, 1.807) is 11.3 Å². The maximum atomic E-state index is 6.15. The van der Waals surface area contributed by atoms with Crippen molar-refractivity contribution in [2.24, 2.45) is 5.84 Å². The van der Waals surface area contributed by atoms with E-state index in [2.05, 4.69) is 25.3 Å². The molecule has 0 spiro atoms. The quantitative estimate of drug-likeness (QED) is 0.560. The van der Waals surface area contributed by atoms with Crippen LogP contribution in [-0.4, -0.2) is 0 Å². The molecule has 20 heavy (non-hydrogen) atoms. The molecule has 0 fully saturated rings. The van der Waals surface area contributed by atoms with Gasteiger partial charge in [-0.25, -0.2) is 5.43 Å². The Morgan fingerprint density at radius 3 is 2.70 bits per heavy atom. The van der Waals surface area contributed by atoms with E-state index in [-0.39, 0.29) is 6.04 Å². The molecular formula is C15H15ClN2OS. The highest BCUT2D eigenvalue weighted by Gasteiger charge is 2.20. The highest BCUT2D eigenvalue weighted by Crippen LogP contribution is 2.34. The number of nitrogens with two attached hydrogens (primary N) is 1. The average Bonchev–Trinajstić information content (AvgIpc) is 2.97. The summed E-state index contributed by atoms with van der Waals surface area (Å²) in [5, 5.41) is 1.60. The van der Waals surface area contributed by atoms with Gasteiger partial charge in [-0.1, -0.05) is 23.7 Å². The first-order chi connectivity index (χ1) is 9.60. The van der Waals surface area contributed by atoms with Gasteiger partial charge in [0.2, 0.25) is 0 Å². The van der Waals surface area contributed by atoms with Gasteiger partial charge in [0, 0.05) is 15.1 Å². The van der Waals surface area contributed by atoms with Gasteiger partial charge in [-0.2, -0.15) is 0 Å². The van der Waals surface area contributed by atoms with Crippen LogP contribution in [-0.2, 0) is 0 Å². The lowest BCUT2D eigenvalue weighted by Gasteiger charge is -2.10. The molecule has 0 amide bonds. The number of aryl methyl sites for hydroxylation is 2. The second-order valence-corrected chi connectivity index (χ2v) is 6.49. The van der Waals surface area contributed by atoms with Crippen molar-refractivity contribution in [3.8, 4) is 0 Å². The van der Waals surface area contributed by atoms with Crippen LogP contribution in [0.3, 0.4) is 0 Å². The second kappa shape index (κ2) is 5.22. The van der Waals surface area contributed by atoms with Gasteiger partial charge in [0.1, 0.15) is 11.8 Å². The number of furan rings is 1. The minimum Gasteiger partial charge on any atom is -0.457 e. The van der Waals surface area contributed by atoms with E-state index in [9.17, 15) is 0 Å². The van der Waals surface area contributed by atoms with Crippen molar-refractivity contribution < 1.29 is 4.42 Å². The first kappa shape index (κ1) is 13.6. The third-order valence-electron chi connectivity index (χ3n) is 3.44. The molecule has 0 aliphatic heterocycles. The molecule has 5 heteroatoms. The zero-order chi connectivity index (χ0) is 14.3. The van der Waals surface area contributed by atoms with E-state index in [1.165, 1.54) is 10.4 Å². The highest BCUT2D eigenvalue weighted by atomic mass is 35.5. The van der Waals surface area contributed by atoms with E-state index in [1.807, 2.05) is 24.3 Å². The van der Waals surface area contributed by atoms with Crippen molar-refractivity contribution in [3.63, 3.8) is 0 Å². The monoisotopic (exact) mass is 306 g/mol. The summed E-state index contributed by atoms with van der Waals surface area (Å²) < 4.78 is 5.89. The summed E-state index contributed by atoms with van der Waals surface area (Å²) in [5.74, 6) is 6.49. The zero-order valence-corrected chi connectivity index (χ0v) is 12.8. The minimum absolute atomic E-state index is 0.157. The Kier molecular flexibility index (Phi) is 3.56. The Morgan fingerprint density at radius 2 is 2.10 bits per heavy atom. The van der Waals surface area contributed by atoms with Crippen molar-refractivity contribution in [2.45, 2.75) is 19.9 Å². The molecule has 1 aromatic carbocycles. The van der Waals surface area contributed by atoms with Gasteiger partial charge in [-0.15, -0.1) is 11.3 Å². The van der Waals surface area contributed by atoms with Crippen LogP contribution in [0.5, 0.6) is 0 Å². The molecule has 3 N–H and O–H groups in total. The van der Waals surface area contributed by atoms with Gasteiger partial charge in [0.15, 0.2) is 5.58 Å². The summed E-state index contributed by atoms with van der Waals surface area (Å²) in [5.41, 5.74) is 4.80. The summed E-state index contributed by atoms with van der Waals surface area (Å²) in [6, 6.07) is 9.67. The first-order valence-corrected chi connectivity index (χ1v) is 7.50. The number of rotatable bonds is 3. The number of halogens is 1. The molecule has 2 aromatic heterocycles. The number of hydrazine groups is 1. The van der Waals surface area contributed by atoms with Gasteiger partial charge >= 0.3 is 0 Å². The first-order valence-electron chi connectivity index (χ1n) is 6.31. The molecule has 0 bridgehead atoms. The molecule has 1 atom stereocenters. The number of nitrogens with one attached hydrogen (secondary N) is 1. The van der Waals surface area contributed by atoms with E-state index in [4.69, 9.17) is 21.9 Å². The van der Waals surface area contributed by atoms with Crippen LogP contribution in [0.25, 0.3) is 11.0 Å². The minimum atomic E-state index is -0.157. The summed E-state index contributed by atoms with van der Waals surface area (Å²) in [6.07, 6.45) is 0. The van der Waals surface area contributed by atoms with E-state index in [0.717, 1.165) is 16.0 Å². The van der Waals surface area contributed by atoms with Gasteiger partial charge < -0.3 is 4.42 Å². The predicted octanol–water partition coefficient (Wildman–Crippen LogP) is 4.32. The van der Waals surface area contributed by atoms with Crippen molar-refractivity contribution in [1.82, 2.24) is 5.43 Å². The van der Waals surface area contributed by atoms with Gasteiger partial charge in [-0.05, 0) is 37.6 Å². The standard InChI is InChI=1S/C15H15ClN2OS/c1-8-6-13(20-9(8)2)14(18-17)12-7-10-4-3-5-11(16)15(10)19-12/h3-7,14,18H,17H2,1-2H3. The van der Waals surface area contributed by atoms with E-state index in [0.29, 0.717) is 10.6 Å². The van der Waals surface area contributed by atoms with Crippen LogP contribution >= 0.6 is 22.9 Å². The number of fused-ring (bicyclic) bond motifs is 1. The third-order valence-corrected chi connectivity index (χ3v) is 4.95. The summed E-state index contributed by atoms with van der Waals surface area (Å²) >= 11 is 7.87.